The number of hydrogen-bond donors (Lipinski definition) is 0. The highest BCUT2D eigenvalue weighted by atomic mass is 35.5. The molecule has 0 radical (unpaired) electrons. The predicted molar refractivity (Wildman–Crippen MR) is 125 cm³/mol. The lowest BCUT2D eigenvalue weighted by atomic mass is 9.98. The van der Waals surface area contributed by atoms with Crippen molar-refractivity contribution in [3.8, 4) is 0 Å². The molecule has 0 saturated carbocycles. The van der Waals surface area contributed by atoms with Crippen molar-refractivity contribution >= 4 is 35.4 Å². The fourth-order valence-corrected chi connectivity index (χ4v) is 4.58. The monoisotopic (exact) mass is 450 g/mol. The maximum absolute atomic E-state index is 12.0. The Kier molecular flexibility index (Phi) is 9.82. The first kappa shape index (κ1) is 24.4. The van der Waals surface area contributed by atoms with Gasteiger partial charge in [0.2, 0.25) is 0 Å². The van der Waals surface area contributed by atoms with Crippen molar-refractivity contribution in [2.75, 3.05) is 32.8 Å². The molecule has 0 spiro atoms. The van der Waals surface area contributed by atoms with Crippen molar-refractivity contribution in [3.05, 3.63) is 57.3 Å². The van der Waals surface area contributed by atoms with E-state index >= 15 is 0 Å². The fraction of sp³-hybridized carbons (Fsp3) is 0.478. The van der Waals surface area contributed by atoms with Gasteiger partial charge >= 0.3 is 5.97 Å². The number of carbonyl (C=O) groups is 1. The number of carbonyl (C=O) groups excluding carboxylic acids is 1. The molecule has 1 saturated heterocycles. The summed E-state index contributed by atoms with van der Waals surface area (Å²) in [5.74, 6) is -0.102. The Morgan fingerprint density at radius 3 is 2.73 bits per heavy atom. The second kappa shape index (κ2) is 12.1. The molecule has 2 heterocycles. The van der Waals surface area contributed by atoms with E-state index in [-0.39, 0.29) is 24.3 Å². The fourth-order valence-electron chi connectivity index (χ4n) is 3.66. The van der Waals surface area contributed by atoms with Crippen molar-refractivity contribution in [2.45, 2.75) is 33.6 Å². The summed E-state index contributed by atoms with van der Waals surface area (Å²) in [6.45, 7) is 9.46. The van der Waals surface area contributed by atoms with E-state index in [2.05, 4.69) is 47.5 Å². The molecule has 2 aromatic rings. The molecule has 0 bridgehead atoms. The second-order valence-corrected chi connectivity index (χ2v) is 8.33. The molecule has 1 aliphatic heterocycles. The summed E-state index contributed by atoms with van der Waals surface area (Å²) in [6.07, 6.45) is 1.92. The van der Waals surface area contributed by atoms with Gasteiger partial charge in [0, 0.05) is 18.7 Å². The average molecular weight is 451 g/mol. The Bertz CT molecular complexity index is 852. The second-order valence-electron chi connectivity index (χ2n) is 7.41. The van der Waals surface area contributed by atoms with E-state index in [0.717, 1.165) is 48.6 Å². The number of nitrogens with zero attached hydrogens (tertiary/aromatic N) is 2. The molecule has 1 fully saturated rings. The zero-order valence-electron chi connectivity index (χ0n) is 17.9. The molecule has 1 aromatic heterocycles. The summed E-state index contributed by atoms with van der Waals surface area (Å²) < 4.78 is 5.18. The number of thiophene rings is 1. The van der Waals surface area contributed by atoms with Gasteiger partial charge in [-0.15, -0.1) is 23.7 Å². The van der Waals surface area contributed by atoms with Crippen LogP contribution in [0.4, 0.5) is 0 Å². The first-order chi connectivity index (χ1) is 14.1. The van der Waals surface area contributed by atoms with Crippen molar-refractivity contribution in [2.24, 2.45) is 11.1 Å². The number of ether oxygens (including phenoxy) is 1. The predicted octanol–water partition coefficient (Wildman–Crippen LogP) is 4.83. The quantitative estimate of drug-likeness (QED) is 0.250. The van der Waals surface area contributed by atoms with Crippen LogP contribution < -0.4 is 0 Å². The highest BCUT2D eigenvalue weighted by Crippen LogP contribution is 2.23. The van der Waals surface area contributed by atoms with E-state index in [4.69, 9.17) is 9.57 Å². The van der Waals surface area contributed by atoms with Crippen LogP contribution in [-0.4, -0.2) is 49.4 Å². The minimum absolute atomic E-state index is 0. The van der Waals surface area contributed by atoms with Gasteiger partial charge in [0.15, 0.2) is 0 Å². The van der Waals surface area contributed by atoms with E-state index in [1.54, 1.807) is 11.3 Å². The Morgan fingerprint density at radius 2 is 2.03 bits per heavy atom. The van der Waals surface area contributed by atoms with Gasteiger partial charge in [-0.05, 0) is 62.7 Å². The Hall–Kier alpha value is -1.89. The van der Waals surface area contributed by atoms with Crippen molar-refractivity contribution < 1.29 is 14.4 Å². The van der Waals surface area contributed by atoms with Gasteiger partial charge in [0.1, 0.15) is 12.3 Å². The molecule has 30 heavy (non-hydrogen) atoms. The molecule has 164 valence electrons. The van der Waals surface area contributed by atoms with Crippen LogP contribution in [-0.2, 0) is 14.4 Å². The topological polar surface area (TPSA) is 51.1 Å². The molecule has 0 unspecified atom stereocenters. The lowest BCUT2D eigenvalue weighted by molar-refractivity contribution is -0.150. The number of oxime groups is 1. The minimum atomic E-state index is -0.0776. The minimum Gasteiger partial charge on any atom is -0.466 e. The van der Waals surface area contributed by atoms with Crippen LogP contribution in [0.25, 0.3) is 0 Å². The highest BCUT2D eigenvalue weighted by molar-refractivity contribution is 7.12. The largest absolute Gasteiger partial charge is 0.466 e. The SMILES string of the molecule is CCOC(=O)[C@H]1CCCN(CCON=C(c2ccccc2C)c2sccc2C)C1.Cl. The molecule has 0 amide bonds. The summed E-state index contributed by atoms with van der Waals surface area (Å²) in [7, 11) is 0. The third kappa shape index (κ3) is 6.30. The zero-order valence-corrected chi connectivity index (χ0v) is 19.6. The molecular formula is C23H31ClN2O3S. The molecule has 7 heteroatoms. The van der Waals surface area contributed by atoms with E-state index in [0.29, 0.717) is 13.2 Å². The van der Waals surface area contributed by atoms with Crippen LogP contribution >= 0.6 is 23.7 Å². The molecule has 1 aromatic carbocycles. The van der Waals surface area contributed by atoms with Crippen LogP contribution in [0, 0.1) is 19.8 Å². The van der Waals surface area contributed by atoms with E-state index in [1.165, 1.54) is 11.1 Å². The summed E-state index contributed by atoms with van der Waals surface area (Å²) in [4.78, 5) is 21.2. The summed E-state index contributed by atoms with van der Waals surface area (Å²) in [5, 5.41) is 6.62. The molecule has 0 N–H and O–H groups in total. The Balaban J connectivity index is 0.00000320. The lowest BCUT2D eigenvalue weighted by Gasteiger charge is -2.30. The Morgan fingerprint density at radius 1 is 1.23 bits per heavy atom. The average Bonchev–Trinajstić information content (AvgIpc) is 3.15. The van der Waals surface area contributed by atoms with Crippen LogP contribution in [0.2, 0.25) is 0 Å². The van der Waals surface area contributed by atoms with Gasteiger partial charge < -0.3 is 9.57 Å². The maximum Gasteiger partial charge on any atom is 0.310 e. The molecule has 5 nitrogen and oxygen atoms in total. The van der Waals surface area contributed by atoms with Crippen LogP contribution in [0.1, 0.15) is 41.3 Å². The number of aryl methyl sites for hydroxylation is 2. The van der Waals surface area contributed by atoms with E-state index in [1.807, 2.05) is 19.1 Å². The smallest absolute Gasteiger partial charge is 0.310 e. The van der Waals surface area contributed by atoms with E-state index in [9.17, 15) is 4.79 Å². The lowest BCUT2D eigenvalue weighted by Crippen LogP contribution is -2.40. The third-order valence-corrected chi connectivity index (χ3v) is 6.28. The van der Waals surface area contributed by atoms with Gasteiger partial charge in [-0.3, -0.25) is 9.69 Å². The van der Waals surface area contributed by atoms with Gasteiger partial charge in [-0.25, -0.2) is 0 Å². The number of halogens is 1. The number of hydrogen-bond acceptors (Lipinski definition) is 6. The van der Waals surface area contributed by atoms with E-state index < -0.39 is 0 Å². The first-order valence-corrected chi connectivity index (χ1v) is 11.2. The molecular weight excluding hydrogens is 420 g/mol. The molecule has 1 aliphatic rings. The first-order valence-electron chi connectivity index (χ1n) is 10.3. The number of piperidine rings is 1. The van der Waals surface area contributed by atoms with Crippen molar-refractivity contribution in [1.82, 2.24) is 4.90 Å². The normalized spacial score (nSPS) is 17.3. The summed E-state index contributed by atoms with van der Waals surface area (Å²) in [6, 6.07) is 10.4. The van der Waals surface area contributed by atoms with Crippen molar-refractivity contribution in [1.29, 1.82) is 0 Å². The van der Waals surface area contributed by atoms with Crippen LogP contribution in [0.5, 0.6) is 0 Å². The highest BCUT2D eigenvalue weighted by Gasteiger charge is 2.26. The van der Waals surface area contributed by atoms with Crippen LogP contribution in [0.15, 0.2) is 40.9 Å². The molecule has 0 aliphatic carbocycles. The van der Waals surface area contributed by atoms with Gasteiger partial charge in [0.05, 0.1) is 17.4 Å². The third-order valence-electron chi connectivity index (χ3n) is 5.26. The van der Waals surface area contributed by atoms with Gasteiger partial charge in [0.25, 0.3) is 0 Å². The number of esters is 1. The Labute approximate surface area is 189 Å². The summed E-state index contributed by atoms with van der Waals surface area (Å²) in [5.41, 5.74) is 4.36. The molecule has 3 rings (SSSR count). The zero-order chi connectivity index (χ0) is 20.6. The standard InChI is InChI=1S/C23H30N2O3S.ClH/c1-4-27-23(26)19-9-7-12-25(16-19)13-14-28-24-21(22-18(3)11-15-29-22)20-10-6-5-8-17(20)2;/h5-6,8,10-11,15,19H,4,7,9,12-14,16H2,1-3H3;1H/t19-;/m0./s1. The van der Waals surface area contributed by atoms with Gasteiger partial charge in [-0.1, -0.05) is 29.4 Å². The van der Waals surface area contributed by atoms with Crippen LogP contribution in [0.3, 0.4) is 0 Å². The molecule has 1 atom stereocenters. The number of benzene rings is 1. The van der Waals surface area contributed by atoms with Crippen molar-refractivity contribution in [3.63, 3.8) is 0 Å². The summed E-state index contributed by atoms with van der Waals surface area (Å²) >= 11 is 1.68. The number of likely N-dealkylation sites (tertiary alicyclic amines) is 1. The maximum atomic E-state index is 12.0. The number of rotatable bonds is 8. The van der Waals surface area contributed by atoms with Gasteiger partial charge in [-0.2, -0.15) is 0 Å².